The molecule has 1 aromatic rings. The fourth-order valence-corrected chi connectivity index (χ4v) is 3.20. The third-order valence-corrected chi connectivity index (χ3v) is 4.38. The first-order chi connectivity index (χ1) is 10.2. The molecule has 0 aliphatic carbocycles. The first-order valence-corrected chi connectivity index (χ1v) is 7.29. The first kappa shape index (κ1) is 14.0. The molecule has 1 aromatic carbocycles. The lowest BCUT2D eigenvalue weighted by molar-refractivity contribution is -0.384. The van der Waals surface area contributed by atoms with E-state index >= 15 is 0 Å². The number of nitrogens with zero attached hydrogens (tertiary/aromatic N) is 2. The first-order valence-electron chi connectivity index (χ1n) is 7.29. The van der Waals surface area contributed by atoms with Crippen LogP contribution in [0.3, 0.4) is 0 Å². The summed E-state index contributed by atoms with van der Waals surface area (Å²) in [7, 11) is 0. The van der Waals surface area contributed by atoms with E-state index in [2.05, 4.69) is 0 Å². The van der Waals surface area contributed by atoms with Crippen molar-refractivity contribution in [2.45, 2.75) is 31.2 Å². The number of nitro benzene ring substituents is 1. The van der Waals surface area contributed by atoms with Crippen molar-refractivity contribution in [2.24, 2.45) is 0 Å². The topological polar surface area (TPSA) is 72.7 Å². The third-order valence-electron chi connectivity index (χ3n) is 4.38. The van der Waals surface area contributed by atoms with E-state index in [1.54, 1.807) is 12.1 Å². The fourth-order valence-electron chi connectivity index (χ4n) is 3.20. The number of nitro groups is 1. The molecule has 21 heavy (non-hydrogen) atoms. The monoisotopic (exact) mass is 290 g/mol. The van der Waals surface area contributed by atoms with E-state index < -0.39 is 4.92 Å². The lowest BCUT2D eigenvalue weighted by Gasteiger charge is -2.31. The van der Waals surface area contributed by atoms with Crippen LogP contribution in [0.5, 0.6) is 0 Å². The summed E-state index contributed by atoms with van der Waals surface area (Å²) >= 11 is 0. The van der Waals surface area contributed by atoms with Crippen LogP contribution in [0.4, 0.5) is 5.69 Å². The van der Waals surface area contributed by atoms with Gasteiger partial charge < -0.3 is 9.64 Å². The number of hydrogen-bond donors (Lipinski definition) is 0. The maximum Gasteiger partial charge on any atom is 0.269 e. The molecule has 1 amide bonds. The zero-order valence-electron chi connectivity index (χ0n) is 11.7. The number of carbonyl (C=O) groups excluding carboxylic acids is 1. The molecule has 2 aliphatic heterocycles. The van der Waals surface area contributed by atoms with Gasteiger partial charge in [-0.3, -0.25) is 14.9 Å². The second-order valence-corrected chi connectivity index (χ2v) is 5.57. The average molecular weight is 290 g/mol. The molecule has 0 aromatic heterocycles. The molecular formula is C15H18N2O4. The van der Waals surface area contributed by atoms with Gasteiger partial charge in [0.15, 0.2) is 0 Å². The molecule has 1 unspecified atom stereocenters. The van der Waals surface area contributed by atoms with Crippen LogP contribution in [0, 0.1) is 10.1 Å². The molecule has 1 atom stereocenters. The lowest BCUT2D eigenvalue weighted by atomic mass is 9.97. The van der Waals surface area contributed by atoms with Gasteiger partial charge in [-0.05, 0) is 24.8 Å². The normalized spacial score (nSPS) is 23.5. The Kier molecular flexibility index (Phi) is 3.88. The molecule has 0 radical (unpaired) electrons. The molecule has 0 spiro atoms. The summed E-state index contributed by atoms with van der Waals surface area (Å²) in [4.78, 5) is 24.8. The molecular weight excluding hydrogens is 272 g/mol. The van der Waals surface area contributed by atoms with E-state index in [1.807, 2.05) is 4.90 Å². The lowest BCUT2D eigenvalue weighted by Crippen LogP contribution is -2.40. The number of amides is 1. The van der Waals surface area contributed by atoms with Crippen molar-refractivity contribution in [1.29, 1.82) is 0 Å². The molecule has 6 nitrogen and oxygen atoms in total. The minimum atomic E-state index is -0.422. The molecule has 2 heterocycles. The molecule has 6 heteroatoms. The SMILES string of the molecule is O=C1C(c2ccc([N+](=O)[O-])cc2)CCN1C1CCOCC1. The maximum absolute atomic E-state index is 12.6. The minimum Gasteiger partial charge on any atom is -0.381 e. The van der Waals surface area contributed by atoms with Crippen molar-refractivity contribution in [3.05, 3.63) is 39.9 Å². The van der Waals surface area contributed by atoms with Gasteiger partial charge in [0.2, 0.25) is 5.91 Å². The van der Waals surface area contributed by atoms with Gasteiger partial charge in [0.05, 0.1) is 10.8 Å². The third kappa shape index (κ3) is 2.76. The van der Waals surface area contributed by atoms with Gasteiger partial charge in [0.1, 0.15) is 0 Å². The van der Waals surface area contributed by atoms with Crippen LogP contribution < -0.4 is 0 Å². The van der Waals surface area contributed by atoms with Gasteiger partial charge in [-0.1, -0.05) is 12.1 Å². The minimum absolute atomic E-state index is 0.0606. The van der Waals surface area contributed by atoms with Crippen LogP contribution in [-0.2, 0) is 9.53 Å². The van der Waals surface area contributed by atoms with Crippen molar-refractivity contribution in [3.63, 3.8) is 0 Å². The summed E-state index contributed by atoms with van der Waals surface area (Å²) in [6, 6.07) is 6.64. The summed E-state index contributed by atoms with van der Waals surface area (Å²) in [5.41, 5.74) is 0.936. The number of non-ortho nitro benzene ring substituents is 1. The molecule has 0 saturated carbocycles. The van der Waals surface area contributed by atoms with Crippen molar-refractivity contribution in [3.8, 4) is 0 Å². The zero-order valence-corrected chi connectivity index (χ0v) is 11.7. The molecule has 3 rings (SSSR count). The Balaban J connectivity index is 1.72. The predicted octanol–water partition coefficient (Wildman–Crippen LogP) is 2.09. The van der Waals surface area contributed by atoms with Crippen molar-refractivity contribution in [1.82, 2.24) is 4.90 Å². The molecule has 0 bridgehead atoms. The maximum atomic E-state index is 12.6. The van der Waals surface area contributed by atoms with Crippen molar-refractivity contribution in [2.75, 3.05) is 19.8 Å². The zero-order chi connectivity index (χ0) is 14.8. The Morgan fingerprint density at radius 1 is 1.14 bits per heavy atom. The van der Waals surface area contributed by atoms with Crippen LogP contribution in [0.15, 0.2) is 24.3 Å². The summed E-state index contributed by atoms with van der Waals surface area (Å²) in [6.07, 6.45) is 2.59. The van der Waals surface area contributed by atoms with E-state index in [1.165, 1.54) is 12.1 Å². The van der Waals surface area contributed by atoms with Gasteiger partial charge in [-0.25, -0.2) is 0 Å². The Labute approximate surface area is 122 Å². The van der Waals surface area contributed by atoms with Gasteiger partial charge >= 0.3 is 0 Å². The highest BCUT2D eigenvalue weighted by Gasteiger charge is 2.37. The quantitative estimate of drug-likeness (QED) is 0.631. The van der Waals surface area contributed by atoms with Crippen molar-refractivity contribution < 1.29 is 14.5 Å². The standard InChI is InChI=1S/C15H18N2O4/c18-15-14(11-1-3-13(4-2-11)17(19)20)5-8-16(15)12-6-9-21-10-7-12/h1-4,12,14H,5-10H2. The van der Waals surface area contributed by atoms with E-state index in [0.717, 1.165) is 44.6 Å². The number of benzene rings is 1. The number of ether oxygens (including phenoxy) is 1. The van der Waals surface area contributed by atoms with E-state index in [-0.39, 0.29) is 23.6 Å². The second-order valence-electron chi connectivity index (χ2n) is 5.57. The summed E-state index contributed by atoms with van der Waals surface area (Å²) < 4.78 is 5.34. The molecule has 2 fully saturated rings. The molecule has 2 aliphatic rings. The Morgan fingerprint density at radius 3 is 2.43 bits per heavy atom. The van der Waals surface area contributed by atoms with Crippen LogP contribution in [-0.4, -0.2) is 41.5 Å². The van der Waals surface area contributed by atoms with E-state index in [9.17, 15) is 14.9 Å². The summed E-state index contributed by atoms with van der Waals surface area (Å²) in [5.74, 6) is -0.00981. The van der Waals surface area contributed by atoms with Gasteiger partial charge in [-0.2, -0.15) is 0 Å². The Hall–Kier alpha value is -1.95. The smallest absolute Gasteiger partial charge is 0.269 e. The van der Waals surface area contributed by atoms with Crippen LogP contribution in [0.2, 0.25) is 0 Å². The predicted molar refractivity (Wildman–Crippen MR) is 76.0 cm³/mol. The van der Waals surface area contributed by atoms with Gasteiger partial charge in [-0.15, -0.1) is 0 Å². The molecule has 2 saturated heterocycles. The fraction of sp³-hybridized carbons (Fsp3) is 0.533. The summed E-state index contributed by atoms with van der Waals surface area (Å²) in [6.45, 7) is 2.21. The highest BCUT2D eigenvalue weighted by Crippen LogP contribution is 2.32. The average Bonchev–Trinajstić information content (AvgIpc) is 2.90. The van der Waals surface area contributed by atoms with Crippen LogP contribution >= 0.6 is 0 Å². The largest absolute Gasteiger partial charge is 0.381 e. The highest BCUT2D eigenvalue weighted by atomic mass is 16.6. The second kappa shape index (κ2) is 5.81. The van der Waals surface area contributed by atoms with E-state index in [4.69, 9.17) is 4.74 Å². The molecule has 112 valence electrons. The van der Waals surface area contributed by atoms with Gasteiger partial charge in [0, 0.05) is 37.9 Å². The van der Waals surface area contributed by atoms with Crippen molar-refractivity contribution >= 4 is 11.6 Å². The number of hydrogen-bond acceptors (Lipinski definition) is 4. The number of likely N-dealkylation sites (tertiary alicyclic amines) is 1. The summed E-state index contributed by atoms with van der Waals surface area (Å²) in [5, 5.41) is 10.7. The highest BCUT2D eigenvalue weighted by molar-refractivity contribution is 5.86. The number of rotatable bonds is 3. The van der Waals surface area contributed by atoms with Crippen LogP contribution in [0.25, 0.3) is 0 Å². The van der Waals surface area contributed by atoms with E-state index in [0.29, 0.717) is 0 Å². The molecule has 0 N–H and O–H groups in total. The van der Waals surface area contributed by atoms with Gasteiger partial charge in [0.25, 0.3) is 5.69 Å². The van der Waals surface area contributed by atoms with Crippen LogP contribution in [0.1, 0.15) is 30.7 Å². The Morgan fingerprint density at radius 2 is 1.81 bits per heavy atom. The number of carbonyl (C=O) groups is 1. The Bertz CT molecular complexity index is 537.